The van der Waals surface area contributed by atoms with Crippen LogP contribution in [0.4, 0.5) is 14.5 Å². The number of nitrogens with one attached hydrogen (secondary N) is 2. The van der Waals surface area contributed by atoms with Crippen molar-refractivity contribution in [1.82, 2.24) is 5.32 Å². The highest BCUT2D eigenvalue weighted by atomic mass is 32.2. The lowest BCUT2D eigenvalue weighted by molar-refractivity contribution is -0.117. The lowest BCUT2D eigenvalue weighted by atomic mass is 10.2. The van der Waals surface area contributed by atoms with E-state index < -0.39 is 17.5 Å². The molecule has 3 aromatic carbocycles. The molecule has 174 valence electrons. The maximum absolute atomic E-state index is 14.2. The van der Waals surface area contributed by atoms with E-state index in [1.165, 1.54) is 0 Å². The molecule has 0 aliphatic carbocycles. The highest BCUT2D eigenvalue weighted by molar-refractivity contribution is 8.02. The highest BCUT2D eigenvalue weighted by Gasteiger charge is 2.19. The molecule has 5 nitrogen and oxygen atoms in total. The van der Waals surface area contributed by atoms with Crippen LogP contribution in [0.2, 0.25) is 0 Å². The molecular weight excluding hydrogens is 456 g/mol. The maximum atomic E-state index is 14.2. The van der Waals surface area contributed by atoms with Crippen LogP contribution in [0, 0.1) is 23.0 Å². The molecule has 0 radical (unpaired) electrons. The molecule has 34 heavy (non-hydrogen) atoms. The first-order chi connectivity index (χ1) is 16.5. The summed E-state index contributed by atoms with van der Waals surface area (Å²) in [6, 6.07) is 21.5. The number of halogens is 2. The zero-order chi connectivity index (χ0) is 24.3. The Kier molecular flexibility index (Phi) is 9.06. The average molecular weight is 480 g/mol. The van der Waals surface area contributed by atoms with Crippen molar-refractivity contribution in [2.75, 3.05) is 11.9 Å². The monoisotopic (exact) mass is 479 g/mol. The van der Waals surface area contributed by atoms with Gasteiger partial charge in [0.05, 0.1) is 17.3 Å². The van der Waals surface area contributed by atoms with E-state index in [0.717, 1.165) is 35.5 Å². The molecule has 0 bridgehead atoms. The van der Waals surface area contributed by atoms with Gasteiger partial charge in [-0.05, 0) is 42.8 Å². The number of benzene rings is 3. The van der Waals surface area contributed by atoms with Gasteiger partial charge in [0.2, 0.25) is 0 Å². The maximum Gasteiger partial charge on any atom is 0.264 e. The molecule has 0 aromatic heterocycles. The quantitative estimate of drug-likeness (QED) is 0.286. The van der Waals surface area contributed by atoms with Gasteiger partial charge in [-0.25, -0.2) is 8.78 Å². The zero-order valence-electron chi connectivity index (χ0n) is 18.5. The van der Waals surface area contributed by atoms with Crippen LogP contribution < -0.4 is 15.4 Å². The molecule has 0 aliphatic heterocycles. The Morgan fingerprint density at radius 1 is 1.06 bits per heavy atom. The average Bonchev–Trinajstić information content (AvgIpc) is 2.85. The Balaban J connectivity index is 1.90. The van der Waals surface area contributed by atoms with E-state index in [0.29, 0.717) is 18.0 Å². The third-order valence-corrected chi connectivity index (χ3v) is 5.73. The van der Waals surface area contributed by atoms with Crippen LogP contribution in [-0.4, -0.2) is 12.5 Å². The van der Waals surface area contributed by atoms with E-state index in [-0.39, 0.29) is 28.5 Å². The minimum Gasteiger partial charge on any atom is -0.492 e. The topological polar surface area (TPSA) is 74.1 Å². The fraction of sp³-hybridized carbons (Fsp3) is 0.154. The number of ether oxygens (including phenoxy) is 1. The summed E-state index contributed by atoms with van der Waals surface area (Å²) in [6.45, 7) is 2.49. The number of hydrogen-bond acceptors (Lipinski definition) is 5. The predicted molar refractivity (Wildman–Crippen MR) is 130 cm³/mol. The lowest BCUT2D eigenvalue weighted by Crippen LogP contribution is -2.25. The summed E-state index contributed by atoms with van der Waals surface area (Å²) in [5.41, 5.74) is 1.35. The normalized spacial score (nSPS) is 11.2. The van der Waals surface area contributed by atoms with Crippen molar-refractivity contribution in [3.8, 4) is 11.8 Å². The fourth-order valence-corrected chi connectivity index (χ4v) is 4.01. The zero-order valence-corrected chi connectivity index (χ0v) is 19.3. The third-order valence-electron chi connectivity index (χ3n) is 4.68. The summed E-state index contributed by atoms with van der Waals surface area (Å²) >= 11 is 1.02. The van der Waals surface area contributed by atoms with E-state index in [1.807, 2.05) is 43.3 Å². The number of thioether (sulfide) groups is 1. The number of carbonyl (C=O) groups excluding carboxylic acids is 1. The van der Waals surface area contributed by atoms with E-state index in [9.17, 15) is 18.8 Å². The second-order valence-electron chi connectivity index (χ2n) is 7.06. The number of hydrogen-bond donors (Lipinski definition) is 2. The third kappa shape index (κ3) is 6.83. The second kappa shape index (κ2) is 12.4. The van der Waals surface area contributed by atoms with Crippen LogP contribution in [0.25, 0.3) is 0 Å². The summed E-state index contributed by atoms with van der Waals surface area (Å²) in [4.78, 5) is 12.9. The van der Waals surface area contributed by atoms with Gasteiger partial charge in [0.15, 0.2) is 0 Å². The molecule has 0 saturated heterocycles. The molecule has 0 spiro atoms. The van der Waals surface area contributed by atoms with Crippen LogP contribution in [0.3, 0.4) is 0 Å². The predicted octanol–water partition coefficient (Wildman–Crippen LogP) is 5.76. The Morgan fingerprint density at radius 2 is 1.79 bits per heavy atom. The van der Waals surface area contributed by atoms with Gasteiger partial charge in [-0.2, -0.15) is 5.26 Å². The minimum atomic E-state index is -0.588. The Labute approximate surface area is 201 Å². The number of nitriles is 1. The Morgan fingerprint density at radius 3 is 2.53 bits per heavy atom. The number of para-hydroxylation sites is 2. The van der Waals surface area contributed by atoms with Gasteiger partial charge < -0.3 is 15.4 Å². The van der Waals surface area contributed by atoms with E-state index in [4.69, 9.17) is 4.74 Å². The van der Waals surface area contributed by atoms with Gasteiger partial charge in [0.25, 0.3) is 5.91 Å². The largest absolute Gasteiger partial charge is 0.492 e. The molecule has 3 aromatic rings. The second-order valence-corrected chi connectivity index (χ2v) is 8.05. The van der Waals surface area contributed by atoms with Gasteiger partial charge in [0.1, 0.15) is 29.0 Å². The summed E-state index contributed by atoms with van der Waals surface area (Å²) < 4.78 is 33.4. The molecular formula is C26H23F2N3O2S. The van der Waals surface area contributed by atoms with Crippen molar-refractivity contribution in [1.29, 1.82) is 5.26 Å². The highest BCUT2D eigenvalue weighted by Crippen LogP contribution is 2.32. The first kappa shape index (κ1) is 24.8. The molecule has 0 heterocycles. The summed E-state index contributed by atoms with van der Waals surface area (Å²) in [5.74, 6) is -1.20. The van der Waals surface area contributed by atoms with Gasteiger partial charge in [-0.1, -0.05) is 42.5 Å². The standard InChI is InChI=1S/C26H23F2N3O2S/c1-2-33-24-11-7-6-10-23(24)31-26(34-17-19-14-20(27)12-13-22(19)28)21(15-29)25(32)30-16-18-8-4-3-5-9-18/h3-14,31H,2,16-17H2,1H3,(H,30,32)/b26-21+. The molecule has 0 aliphatic rings. The van der Waals surface area contributed by atoms with Crippen molar-refractivity contribution in [2.24, 2.45) is 0 Å². The molecule has 0 unspecified atom stereocenters. The molecule has 1 amide bonds. The van der Waals surface area contributed by atoms with Crippen LogP contribution in [0.5, 0.6) is 5.75 Å². The van der Waals surface area contributed by atoms with E-state index >= 15 is 0 Å². The smallest absolute Gasteiger partial charge is 0.264 e. The molecule has 3 rings (SSSR count). The molecule has 0 atom stereocenters. The van der Waals surface area contributed by atoms with Gasteiger partial charge >= 0.3 is 0 Å². The first-order valence-electron chi connectivity index (χ1n) is 10.5. The van der Waals surface area contributed by atoms with Crippen molar-refractivity contribution >= 4 is 23.4 Å². The van der Waals surface area contributed by atoms with Crippen molar-refractivity contribution in [3.63, 3.8) is 0 Å². The van der Waals surface area contributed by atoms with Gasteiger partial charge in [-0.15, -0.1) is 11.8 Å². The first-order valence-corrected chi connectivity index (χ1v) is 11.5. The van der Waals surface area contributed by atoms with Gasteiger partial charge in [0, 0.05) is 17.9 Å². The summed E-state index contributed by atoms with van der Waals surface area (Å²) in [6.07, 6.45) is 0. The van der Waals surface area contributed by atoms with Crippen LogP contribution >= 0.6 is 11.8 Å². The van der Waals surface area contributed by atoms with Gasteiger partial charge in [-0.3, -0.25) is 4.79 Å². The molecule has 0 fully saturated rings. The molecule has 0 saturated carbocycles. The van der Waals surface area contributed by atoms with E-state index in [1.54, 1.807) is 24.3 Å². The number of rotatable bonds is 10. The fourth-order valence-electron chi connectivity index (χ4n) is 3.02. The summed E-state index contributed by atoms with van der Waals surface area (Å²) in [7, 11) is 0. The Hall–Kier alpha value is -3.83. The SMILES string of the molecule is CCOc1ccccc1N/C(SCc1cc(F)ccc1F)=C(/C#N)C(=O)NCc1ccccc1. The number of carbonyl (C=O) groups is 1. The van der Waals surface area contributed by atoms with Crippen LogP contribution in [-0.2, 0) is 17.1 Å². The van der Waals surface area contributed by atoms with Crippen molar-refractivity contribution < 1.29 is 18.3 Å². The van der Waals surface area contributed by atoms with Crippen LogP contribution in [0.15, 0.2) is 83.4 Å². The van der Waals surface area contributed by atoms with E-state index in [2.05, 4.69) is 10.6 Å². The number of anilines is 1. The number of amides is 1. The molecule has 8 heteroatoms. The summed E-state index contributed by atoms with van der Waals surface area (Å²) in [5, 5.41) is 15.8. The Bertz CT molecular complexity index is 1210. The van der Waals surface area contributed by atoms with Crippen LogP contribution in [0.1, 0.15) is 18.1 Å². The molecule has 2 N–H and O–H groups in total. The van der Waals surface area contributed by atoms with Crippen molar-refractivity contribution in [2.45, 2.75) is 19.2 Å². The minimum absolute atomic E-state index is 0.000125. The van der Waals surface area contributed by atoms with Crippen molar-refractivity contribution in [3.05, 3.63) is 106 Å². The number of nitrogens with zero attached hydrogens (tertiary/aromatic N) is 1. The lowest BCUT2D eigenvalue weighted by Gasteiger charge is -2.16.